The van der Waals surface area contributed by atoms with Gasteiger partial charge in [-0.2, -0.15) is 5.26 Å². The van der Waals surface area contributed by atoms with Crippen molar-refractivity contribution in [3.8, 4) is 0 Å². The zero-order valence-electron chi connectivity index (χ0n) is 9.22. The highest BCUT2D eigenvalue weighted by molar-refractivity contribution is 5.68. The number of benzene rings is 1. The number of likely N-dealkylation sites (tertiary alicyclic amines) is 1. The largest absolute Gasteiger partial charge is 0.441 e. The van der Waals surface area contributed by atoms with Gasteiger partial charge in [-0.15, -0.1) is 0 Å². The Labute approximate surface area is 94.4 Å². The van der Waals surface area contributed by atoms with E-state index >= 15 is 0 Å². The Hall–Kier alpha value is -1.55. The van der Waals surface area contributed by atoms with Gasteiger partial charge in [-0.3, -0.25) is 9.79 Å². The number of nitrogens with zero attached hydrogens (tertiary/aromatic N) is 1. The maximum Gasteiger partial charge on any atom is 0.441 e. The lowest BCUT2D eigenvalue weighted by Crippen LogP contribution is -2.42. The molecule has 0 aromatic heterocycles. The quantitative estimate of drug-likeness (QED) is 0.585. The monoisotopic (exact) mass is 221 g/mol. The first-order valence-electron chi connectivity index (χ1n) is 5.37. The van der Waals surface area contributed by atoms with Crippen LogP contribution in [0.3, 0.4) is 0 Å². The first-order chi connectivity index (χ1) is 7.68. The van der Waals surface area contributed by atoms with Crippen LogP contribution in [0.5, 0.6) is 0 Å². The summed E-state index contributed by atoms with van der Waals surface area (Å²) in [7, 11) is 0. The Bertz CT molecular complexity index is 379. The molecule has 1 unspecified atom stereocenters. The van der Waals surface area contributed by atoms with E-state index < -0.39 is 6.09 Å². The molecule has 0 bridgehead atoms. The van der Waals surface area contributed by atoms with E-state index in [2.05, 4.69) is 4.89 Å². The zero-order chi connectivity index (χ0) is 11.6. The highest BCUT2D eigenvalue weighted by Crippen LogP contribution is 2.38. The third kappa shape index (κ3) is 1.65. The van der Waals surface area contributed by atoms with E-state index in [1.165, 1.54) is 0 Å². The minimum Gasteiger partial charge on any atom is -0.296 e. The summed E-state index contributed by atoms with van der Waals surface area (Å²) in [5.41, 5.74) is 0.694. The van der Waals surface area contributed by atoms with E-state index in [9.17, 15) is 4.79 Å². The van der Waals surface area contributed by atoms with Gasteiger partial charge in [0.15, 0.2) is 0 Å². The molecule has 0 saturated carbocycles. The molecule has 4 nitrogen and oxygen atoms in total. The van der Waals surface area contributed by atoms with E-state index in [4.69, 9.17) is 5.26 Å². The van der Waals surface area contributed by atoms with Gasteiger partial charge in [-0.1, -0.05) is 30.3 Å². The second-order valence-corrected chi connectivity index (χ2v) is 4.25. The van der Waals surface area contributed by atoms with Crippen LogP contribution in [-0.2, 0) is 10.4 Å². The highest BCUT2D eigenvalue weighted by Gasteiger charge is 2.41. The topological polar surface area (TPSA) is 49.8 Å². The minimum absolute atomic E-state index is 0.374. The van der Waals surface area contributed by atoms with Crippen LogP contribution >= 0.6 is 0 Å². The standard InChI is InChI=1S/C12H15NO3/c1-12(10-6-3-2-4-7-10)8-5-9-13(12)11(14)16-15/h2-4,6-7,15H,5,8-9H2,1H3. The summed E-state index contributed by atoms with van der Waals surface area (Å²) in [5, 5.41) is 8.48. The van der Waals surface area contributed by atoms with Crippen LogP contribution < -0.4 is 0 Å². The van der Waals surface area contributed by atoms with Crippen LogP contribution in [0.25, 0.3) is 0 Å². The molecule has 2 rings (SSSR count). The molecule has 1 N–H and O–H groups in total. The lowest BCUT2D eigenvalue weighted by molar-refractivity contribution is -0.191. The number of carbonyl (C=O) groups is 1. The molecule has 1 atom stereocenters. The summed E-state index contributed by atoms with van der Waals surface area (Å²) in [6, 6.07) is 9.81. The summed E-state index contributed by atoms with van der Waals surface area (Å²) in [6.07, 6.45) is 1.12. The Morgan fingerprint density at radius 3 is 2.75 bits per heavy atom. The summed E-state index contributed by atoms with van der Waals surface area (Å²) in [4.78, 5) is 16.9. The van der Waals surface area contributed by atoms with Gasteiger partial charge in [-0.25, -0.2) is 4.79 Å². The lowest BCUT2D eigenvalue weighted by atomic mass is 9.89. The zero-order valence-corrected chi connectivity index (χ0v) is 9.22. The van der Waals surface area contributed by atoms with Gasteiger partial charge in [-0.05, 0) is 25.3 Å². The summed E-state index contributed by atoms with van der Waals surface area (Å²) < 4.78 is 0. The van der Waals surface area contributed by atoms with Crippen LogP contribution in [0.15, 0.2) is 30.3 Å². The average molecular weight is 221 g/mol. The third-order valence-corrected chi connectivity index (χ3v) is 3.34. The molecule has 1 amide bonds. The fourth-order valence-electron chi connectivity index (χ4n) is 2.40. The Morgan fingerprint density at radius 2 is 2.12 bits per heavy atom. The van der Waals surface area contributed by atoms with Crippen LogP contribution in [0.4, 0.5) is 4.79 Å². The maximum atomic E-state index is 11.5. The third-order valence-electron chi connectivity index (χ3n) is 3.34. The maximum absolute atomic E-state index is 11.5. The van der Waals surface area contributed by atoms with Crippen molar-refractivity contribution in [2.24, 2.45) is 0 Å². The number of hydrogen-bond donors (Lipinski definition) is 1. The first-order valence-corrected chi connectivity index (χ1v) is 5.37. The van der Waals surface area contributed by atoms with E-state index in [1.54, 1.807) is 4.90 Å². The van der Waals surface area contributed by atoms with Gasteiger partial charge >= 0.3 is 6.09 Å². The van der Waals surface area contributed by atoms with Crippen molar-refractivity contribution in [2.45, 2.75) is 25.3 Å². The predicted octanol–water partition coefficient (Wildman–Crippen LogP) is 2.61. The van der Waals surface area contributed by atoms with Gasteiger partial charge in [0.1, 0.15) is 0 Å². The van der Waals surface area contributed by atoms with E-state index in [-0.39, 0.29) is 5.54 Å². The van der Waals surface area contributed by atoms with Crippen molar-refractivity contribution >= 4 is 6.09 Å². The number of amides is 1. The summed E-state index contributed by atoms with van der Waals surface area (Å²) >= 11 is 0. The Kier molecular flexibility index (Phi) is 2.83. The van der Waals surface area contributed by atoms with Crippen molar-refractivity contribution in [3.63, 3.8) is 0 Å². The number of hydrogen-bond acceptors (Lipinski definition) is 3. The molecular formula is C12H15NO3. The predicted molar refractivity (Wildman–Crippen MR) is 58.8 cm³/mol. The van der Waals surface area contributed by atoms with E-state index in [0.717, 1.165) is 18.4 Å². The van der Waals surface area contributed by atoms with Crippen LogP contribution in [0, 0.1) is 0 Å². The molecule has 0 spiro atoms. The Balaban J connectivity index is 2.33. The van der Waals surface area contributed by atoms with Crippen molar-refractivity contribution in [1.82, 2.24) is 4.90 Å². The molecule has 1 fully saturated rings. The minimum atomic E-state index is -0.677. The number of carbonyl (C=O) groups excluding carboxylic acids is 1. The van der Waals surface area contributed by atoms with E-state index in [1.807, 2.05) is 37.3 Å². The average Bonchev–Trinajstić information content (AvgIpc) is 2.73. The van der Waals surface area contributed by atoms with Gasteiger partial charge in [0.2, 0.25) is 0 Å². The molecule has 1 saturated heterocycles. The SMILES string of the molecule is CC1(c2ccccc2)CCCN1C(=O)OO. The molecule has 86 valence electrons. The van der Waals surface area contributed by atoms with Gasteiger partial charge < -0.3 is 0 Å². The van der Waals surface area contributed by atoms with Crippen LogP contribution in [0.1, 0.15) is 25.3 Å². The van der Waals surface area contributed by atoms with Crippen molar-refractivity contribution in [1.29, 1.82) is 0 Å². The highest BCUT2D eigenvalue weighted by atomic mass is 17.1. The smallest absolute Gasteiger partial charge is 0.296 e. The molecule has 1 aromatic carbocycles. The van der Waals surface area contributed by atoms with Crippen LogP contribution in [0.2, 0.25) is 0 Å². The van der Waals surface area contributed by atoms with Gasteiger partial charge in [0.25, 0.3) is 0 Å². The normalized spacial score (nSPS) is 24.5. The van der Waals surface area contributed by atoms with E-state index in [0.29, 0.717) is 6.54 Å². The molecule has 4 heteroatoms. The molecular weight excluding hydrogens is 206 g/mol. The van der Waals surface area contributed by atoms with Gasteiger partial charge in [0.05, 0.1) is 5.54 Å². The van der Waals surface area contributed by atoms with Crippen LogP contribution in [-0.4, -0.2) is 22.8 Å². The molecule has 0 aliphatic carbocycles. The molecule has 16 heavy (non-hydrogen) atoms. The van der Waals surface area contributed by atoms with Gasteiger partial charge in [0, 0.05) is 6.54 Å². The second kappa shape index (κ2) is 4.14. The fourth-order valence-corrected chi connectivity index (χ4v) is 2.40. The first kappa shape index (κ1) is 11.0. The van der Waals surface area contributed by atoms with Crippen molar-refractivity contribution in [3.05, 3.63) is 35.9 Å². The lowest BCUT2D eigenvalue weighted by Gasteiger charge is -2.34. The molecule has 1 heterocycles. The summed E-state index contributed by atoms with van der Waals surface area (Å²) in [6.45, 7) is 2.61. The van der Waals surface area contributed by atoms with Crippen molar-refractivity contribution < 1.29 is 14.9 Å². The number of rotatable bonds is 1. The molecule has 1 aliphatic heterocycles. The molecule has 0 radical (unpaired) electrons. The fraction of sp³-hybridized carbons (Fsp3) is 0.417. The molecule has 1 aromatic rings. The molecule has 1 aliphatic rings. The van der Waals surface area contributed by atoms with Crippen molar-refractivity contribution in [2.75, 3.05) is 6.54 Å². The second-order valence-electron chi connectivity index (χ2n) is 4.25. The summed E-state index contributed by atoms with van der Waals surface area (Å²) in [5.74, 6) is 0. The Morgan fingerprint density at radius 1 is 1.44 bits per heavy atom.